The summed E-state index contributed by atoms with van der Waals surface area (Å²) in [5.41, 5.74) is 2.08. The first-order chi connectivity index (χ1) is 13.1. The summed E-state index contributed by atoms with van der Waals surface area (Å²) in [7, 11) is -1.97. The van der Waals surface area contributed by atoms with Gasteiger partial charge in [-0.15, -0.1) is 0 Å². The molecule has 1 aliphatic rings. The highest BCUT2D eigenvalue weighted by atomic mass is 32.2. The number of methoxy groups -OCH3 is 1. The molecule has 2 heterocycles. The first-order valence-corrected chi connectivity index (χ1v) is 10.9. The molecule has 9 heteroatoms. The second kappa shape index (κ2) is 7.41. The van der Waals surface area contributed by atoms with Crippen LogP contribution in [0.2, 0.25) is 0 Å². The molecule has 1 atom stereocenters. The van der Waals surface area contributed by atoms with Gasteiger partial charge in [-0.1, -0.05) is 18.2 Å². The second-order valence-electron chi connectivity index (χ2n) is 6.51. The summed E-state index contributed by atoms with van der Waals surface area (Å²) in [6.07, 6.45) is 0.920. The molecule has 3 aromatic rings. The van der Waals surface area contributed by atoms with Gasteiger partial charge in [-0.3, -0.25) is 0 Å². The van der Waals surface area contributed by atoms with Crippen molar-refractivity contribution in [2.45, 2.75) is 11.3 Å². The maximum Gasteiger partial charge on any atom is 0.242 e. The molecule has 1 unspecified atom stereocenters. The molecule has 0 bridgehead atoms. The highest BCUT2D eigenvalue weighted by Gasteiger charge is 2.27. The molecular formula is C18H20N4O3S2. The quantitative estimate of drug-likeness (QED) is 0.680. The Balaban J connectivity index is 1.44. The Morgan fingerprint density at radius 3 is 2.93 bits per heavy atom. The van der Waals surface area contributed by atoms with Crippen LogP contribution in [0.4, 0.5) is 5.69 Å². The zero-order chi connectivity index (χ0) is 18.9. The number of ether oxygens (including phenoxy) is 1. The molecule has 1 aliphatic heterocycles. The summed E-state index contributed by atoms with van der Waals surface area (Å²) in [6.45, 7) is 2.05. The van der Waals surface area contributed by atoms with Crippen LogP contribution in [0.5, 0.6) is 5.75 Å². The van der Waals surface area contributed by atoms with Crippen molar-refractivity contribution in [3.8, 4) is 5.75 Å². The van der Waals surface area contributed by atoms with E-state index in [1.807, 2.05) is 24.3 Å². The molecule has 1 aromatic heterocycles. The van der Waals surface area contributed by atoms with Crippen LogP contribution in [0.25, 0.3) is 11.0 Å². The van der Waals surface area contributed by atoms with Crippen molar-refractivity contribution in [2.75, 3.05) is 31.6 Å². The van der Waals surface area contributed by atoms with E-state index in [0.29, 0.717) is 17.6 Å². The van der Waals surface area contributed by atoms with Crippen LogP contribution in [0.15, 0.2) is 47.4 Å². The fourth-order valence-corrected chi connectivity index (χ4v) is 5.29. The Morgan fingerprint density at radius 2 is 2.07 bits per heavy atom. The van der Waals surface area contributed by atoms with E-state index in [9.17, 15) is 8.42 Å². The lowest BCUT2D eigenvalue weighted by atomic mass is 10.1. The second-order valence-corrected chi connectivity index (χ2v) is 8.78. The predicted octanol–water partition coefficient (Wildman–Crippen LogP) is 2.50. The zero-order valence-corrected chi connectivity index (χ0v) is 16.5. The van der Waals surface area contributed by atoms with E-state index in [0.717, 1.165) is 42.7 Å². The van der Waals surface area contributed by atoms with Crippen LogP contribution < -0.4 is 14.4 Å². The molecule has 4 rings (SSSR count). The summed E-state index contributed by atoms with van der Waals surface area (Å²) in [5.74, 6) is 1.07. The van der Waals surface area contributed by atoms with Crippen molar-refractivity contribution in [3.63, 3.8) is 0 Å². The smallest absolute Gasteiger partial charge is 0.242 e. The monoisotopic (exact) mass is 404 g/mol. The molecule has 1 N–H and O–H groups in total. The van der Waals surface area contributed by atoms with Crippen molar-refractivity contribution in [3.05, 3.63) is 42.5 Å². The summed E-state index contributed by atoms with van der Waals surface area (Å²) in [6, 6.07) is 12.9. The normalized spacial score (nSPS) is 17.5. The number of hydrogen-bond acceptors (Lipinski definition) is 7. The number of nitrogens with one attached hydrogen (secondary N) is 1. The van der Waals surface area contributed by atoms with Gasteiger partial charge in [0, 0.05) is 19.6 Å². The lowest BCUT2D eigenvalue weighted by molar-refractivity contribution is 0.414. The molecule has 2 aromatic carbocycles. The Hall–Kier alpha value is -2.23. The molecule has 142 valence electrons. The first-order valence-electron chi connectivity index (χ1n) is 8.67. The maximum atomic E-state index is 12.7. The minimum absolute atomic E-state index is 0.188. The highest BCUT2D eigenvalue weighted by molar-refractivity contribution is 7.89. The van der Waals surface area contributed by atoms with E-state index < -0.39 is 10.0 Å². The maximum absolute atomic E-state index is 12.7. The minimum atomic E-state index is -3.63. The van der Waals surface area contributed by atoms with Crippen LogP contribution in [0.1, 0.15) is 6.42 Å². The number of para-hydroxylation sites is 2. The molecule has 7 nitrogen and oxygen atoms in total. The molecule has 0 aliphatic carbocycles. The van der Waals surface area contributed by atoms with Crippen LogP contribution >= 0.6 is 11.7 Å². The minimum Gasteiger partial charge on any atom is -0.495 e. The zero-order valence-electron chi connectivity index (χ0n) is 14.8. The fourth-order valence-electron chi connectivity index (χ4n) is 3.41. The van der Waals surface area contributed by atoms with Crippen LogP contribution in [0.3, 0.4) is 0 Å². The summed E-state index contributed by atoms with van der Waals surface area (Å²) in [4.78, 5) is 2.43. The van der Waals surface area contributed by atoms with Crippen molar-refractivity contribution < 1.29 is 13.2 Å². The van der Waals surface area contributed by atoms with Gasteiger partial charge in [0.15, 0.2) is 0 Å². The van der Waals surface area contributed by atoms with Gasteiger partial charge in [-0.2, -0.15) is 8.75 Å². The van der Waals surface area contributed by atoms with E-state index in [1.165, 1.54) is 0 Å². The average molecular weight is 405 g/mol. The lowest BCUT2D eigenvalue weighted by Gasteiger charge is -2.21. The van der Waals surface area contributed by atoms with Gasteiger partial charge in [0.1, 0.15) is 21.7 Å². The van der Waals surface area contributed by atoms with Gasteiger partial charge in [0.25, 0.3) is 0 Å². The Morgan fingerprint density at radius 1 is 1.22 bits per heavy atom. The number of rotatable bonds is 6. The average Bonchev–Trinajstić information content (AvgIpc) is 3.35. The van der Waals surface area contributed by atoms with E-state index in [1.54, 1.807) is 25.3 Å². The Kier molecular flexibility index (Phi) is 4.98. The number of sulfonamides is 1. The first kappa shape index (κ1) is 18.1. The van der Waals surface area contributed by atoms with Crippen molar-refractivity contribution in [2.24, 2.45) is 5.92 Å². The molecule has 27 heavy (non-hydrogen) atoms. The number of nitrogens with zero attached hydrogens (tertiary/aromatic N) is 3. The number of benzene rings is 2. The van der Waals surface area contributed by atoms with Crippen LogP contribution in [-0.2, 0) is 10.0 Å². The van der Waals surface area contributed by atoms with E-state index in [-0.39, 0.29) is 10.8 Å². The van der Waals surface area contributed by atoms with Crippen molar-refractivity contribution in [1.29, 1.82) is 0 Å². The number of aromatic nitrogens is 2. The van der Waals surface area contributed by atoms with Gasteiger partial charge in [0.05, 0.1) is 24.5 Å². The molecular weight excluding hydrogens is 384 g/mol. The molecule has 0 saturated carbocycles. The number of anilines is 1. The Bertz CT molecular complexity index is 1050. The summed E-state index contributed by atoms with van der Waals surface area (Å²) >= 11 is 1.02. The van der Waals surface area contributed by atoms with Crippen molar-refractivity contribution in [1.82, 2.24) is 13.5 Å². The van der Waals surface area contributed by atoms with Gasteiger partial charge in [-0.25, -0.2) is 13.1 Å². The third-order valence-corrected chi connectivity index (χ3v) is 6.81. The van der Waals surface area contributed by atoms with E-state index in [4.69, 9.17) is 4.74 Å². The number of fused-ring (bicyclic) bond motifs is 1. The lowest BCUT2D eigenvalue weighted by Crippen LogP contribution is -2.31. The third kappa shape index (κ3) is 3.62. The van der Waals surface area contributed by atoms with Crippen LogP contribution in [-0.4, -0.2) is 43.9 Å². The standard InChI is InChI=1S/C18H20N4O3S2/c1-25-16-7-3-2-6-15(16)22-10-9-13(12-22)11-19-27(23,24)17-8-4-5-14-18(17)21-26-20-14/h2-8,13,19H,9-12H2,1H3. The number of hydrogen-bond donors (Lipinski definition) is 1. The van der Waals surface area contributed by atoms with E-state index in [2.05, 4.69) is 18.4 Å². The molecule has 0 amide bonds. The van der Waals surface area contributed by atoms with Gasteiger partial charge < -0.3 is 9.64 Å². The Labute approximate surface area is 162 Å². The molecule has 0 radical (unpaired) electrons. The van der Waals surface area contributed by atoms with Crippen LogP contribution in [0, 0.1) is 5.92 Å². The molecule has 1 fully saturated rings. The summed E-state index contributed by atoms with van der Waals surface area (Å²) in [5, 5.41) is 0. The molecule has 1 saturated heterocycles. The SMILES string of the molecule is COc1ccccc1N1CCC(CNS(=O)(=O)c2cccc3nsnc23)C1. The fraction of sp³-hybridized carbons (Fsp3) is 0.333. The molecule has 0 spiro atoms. The summed E-state index contributed by atoms with van der Waals surface area (Å²) < 4.78 is 41.9. The van der Waals surface area contributed by atoms with Gasteiger partial charge >= 0.3 is 0 Å². The van der Waals surface area contributed by atoms with E-state index >= 15 is 0 Å². The topological polar surface area (TPSA) is 84.4 Å². The van der Waals surface area contributed by atoms with Crippen molar-refractivity contribution >= 4 is 38.5 Å². The predicted molar refractivity (Wildman–Crippen MR) is 106 cm³/mol. The van der Waals surface area contributed by atoms with Gasteiger partial charge in [0.2, 0.25) is 10.0 Å². The third-order valence-electron chi connectivity index (χ3n) is 4.81. The highest BCUT2D eigenvalue weighted by Crippen LogP contribution is 2.32. The largest absolute Gasteiger partial charge is 0.495 e. The van der Waals surface area contributed by atoms with Gasteiger partial charge in [-0.05, 0) is 36.6 Å².